The molecule has 2 atom stereocenters. The lowest BCUT2D eigenvalue weighted by Crippen LogP contribution is -2.19. The summed E-state index contributed by atoms with van der Waals surface area (Å²) in [6.07, 6.45) is 1.16. The number of rotatable bonds is 5. The van der Waals surface area contributed by atoms with Gasteiger partial charge in [-0.25, -0.2) is 4.98 Å². The van der Waals surface area contributed by atoms with E-state index < -0.39 is 6.10 Å². The molecule has 3 N–H and O–H groups in total. The summed E-state index contributed by atoms with van der Waals surface area (Å²) in [4.78, 5) is 5.08. The van der Waals surface area contributed by atoms with Gasteiger partial charge in [-0.05, 0) is 24.0 Å². The standard InChI is InChI=1S/C16H22N2OS/c1-10(2)12-4-6-13(7-5-12)14(8-17)16(19)15-9-18-11(3)20-15/h4-7,9-10,14,16,19H,8,17H2,1-3H3. The Morgan fingerprint density at radius 3 is 2.25 bits per heavy atom. The predicted octanol–water partition coefficient (Wildman–Crippen LogP) is 3.35. The highest BCUT2D eigenvalue weighted by atomic mass is 32.1. The van der Waals surface area contributed by atoms with Crippen LogP contribution >= 0.6 is 11.3 Å². The first kappa shape index (κ1) is 15.2. The Morgan fingerprint density at radius 1 is 1.20 bits per heavy atom. The van der Waals surface area contributed by atoms with E-state index in [1.807, 2.05) is 6.92 Å². The number of aliphatic hydroxyl groups is 1. The predicted molar refractivity (Wildman–Crippen MR) is 84.1 cm³/mol. The number of hydrogen-bond acceptors (Lipinski definition) is 4. The molecular weight excluding hydrogens is 268 g/mol. The van der Waals surface area contributed by atoms with Crippen molar-refractivity contribution in [1.29, 1.82) is 0 Å². The third-order valence-corrected chi connectivity index (χ3v) is 4.58. The maximum Gasteiger partial charge on any atom is 0.0978 e. The van der Waals surface area contributed by atoms with Crippen LogP contribution in [-0.4, -0.2) is 16.6 Å². The Hall–Kier alpha value is -1.23. The molecule has 2 aromatic rings. The van der Waals surface area contributed by atoms with Crippen LogP contribution < -0.4 is 5.73 Å². The molecule has 3 nitrogen and oxygen atoms in total. The van der Waals surface area contributed by atoms with E-state index in [0.29, 0.717) is 12.5 Å². The first-order valence-corrected chi connectivity index (χ1v) is 7.75. The average Bonchev–Trinajstić information content (AvgIpc) is 2.86. The van der Waals surface area contributed by atoms with Gasteiger partial charge in [0, 0.05) is 18.7 Å². The normalized spacial score (nSPS) is 14.5. The fraction of sp³-hybridized carbons (Fsp3) is 0.438. The molecule has 0 aliphatic heterocycles. The van der Waals surface area contributed by atoms with Crippen LogP contribution in [0.15, 0.2) is 30.5 Å². The summed E-state index contributed by atoms with van der Waals surface area (Å²) in [7, 11) is 0. The maximum atomic E-state index is 10.5. The topological polar surface area (TPSA) is 59.1 Å². The van der Waals surface area contributed by atoms with Crippen molar-refractivity contribution >= 4 is 11.3 Å². The van der Waals surface area contributed by atoms with E-state index >= 15 is 0 Å². The van der Waals surface area contributed by atoms with Crippen molar-refractivity contribution in [2.45, 2.75) is 38.7 Å². The molecule has 0 saturated carbocycles. The maximum absolute atomic E-state index is 10.5. The minimum Gasteiger partial charge on any atom is -0.387 e. The molecule has 0 aliphatic rings. The van der Waals surface area contributed by atoms with Gasteiger partial charge in [0.1, 0.15) is 0 Å². The van der Waals surface area contributed by atoms with Crippen molar-refractivity contribution in [1.82, 2.24) is 4.98 Å². The Labute approximate surface area is 124 Å². The highest BCUT2D eigenvalue weighted by molar-refractivity contribution is 7.11. The number of hydrogen-bond donors (Lipinski definition) is 2. The zero-order valence-corrected chi connectivity index (χ0v) is 13.0. The van der Waals surface area contributed by atoms with Crippen LogP contribution in [0.3, 0.4) is 0 Å². The highest BCUT2D eigenvalue weighted by Gasteiger charge is 2.23. The molecule has 0 amide bonds. The van der Waals surface area contributed by atoms with Crippen LogP contribution in [0.4, 0.5) is 0 Å². The first-order valence-electron chi connectivity index (χ1n) is 6.93. The summed E-state index contributed by atoms with van der Waals surface area (Å²) in [6.45, 7) is 6.70. The van der Waals surface area contributed by atoms with Gasteiger partial charge < -0.3 is 10.8 Å². The molecule has 2 rings (SSSR count). The summed E-state index contributed by atoms with van der Waals surface area (Å²) in [6, 6.07) is 8.38. The third kappa shape index (κ3) is 3.26. The lowest BCUT2D eigenvalue weighted by atomic mass is 9.91. The Balaban J connectivity index is 2.23. The molecule has 0 bridgehead atoms. The van der Waals surface area contributed by atoms with Crippen molar-refractivity contribution in [3.8, 4) is 0 Å². The van der Waals surface area contributed by atoms with Gasteiger partial charge in [0.25, 0.3) is 0 Å². The molecule has 0 spiro atoms. The van der Waals surface area contributed by atoms with Crippen LogP contribution in [0.5, 0.6) is 0 Å². The van der Waals surface area contributed by atoms with E-state index in [4.69, 9.17) is 5.73 Å². The van der Waals surface area contributed by atoms with Crippen molar-refractivity contribution < 1.29 is 5.11 Å². The number of benzene rings is 1. The minimum absolute atomic E-state index is 0.0870. The Bertz CT molecular complexity index is 548. The van der Waals surface area contributed by atoms with Crippen LogP contribution in [0.2, 0.25) is 0 Å². The first-order chi connectivity index (χ1) is 9.52. The fourth-order valence-corrected chi connectivity index (χ4v) is 3.13. The summed E-state index contributed by atoms with van der Waals surface area (Å²) < 4.78 is 0. The summed E-state index contributed by atoms with van der Waals surface area (Å²) in [5.74, 6) is 0.422. The van der Waals surface area contributed by atoms with Crippen molar-refractivity contribution in [3.63, 3.8) is 0 Å². The molecule has 0 aliphatic carbocycles. The number of aromatic nitrogens is 1. The van der Waals surface area contributed by atoms with E-state index in [2.05, 4.69) is 43.1 Å². The molecule has 4 heteroatoms. The smallest absolute Gasteiger partial charge is 0.0978 e. The second kappa shape index (κ2) is 6.48. The summed E-state index contributed by atoms with van der Waals surface area (Å²) in [5, 5.41) is 11.5. The summed E-state index contributed by atoms with van der Waals surface area (Å²) in [5.41, 5.74) is 8.25. The van der Waals surface area contributed by atoms with Gasteiger partial charge in [-0.2, -0.15) is 0 Å². The third-order valence-electron chi connectivity index (χ3n) is 3.60. The SMILES string of the molecule is Cc1ncc(C(O)C(CN)c2ccc(C(C)C)cc2)s1. The molecule has 0 radical (unpaired) electrons. The van der Waals surface area contributed by atoms with Crippen molar-refractivity contribution in [3.05, 3.63) is 51.5 Å². The molecule has 0 fully saturated rings. The molecule has 20 heavy (non-hydrogen) atoms. The quantitative estimate of drug-likeness (QED) is 0.887. The van der Waals surface area contributed by atoms with Crippen molar-refractivity contribution in [2.24, 2.45) is 5.73 Å². The summed E-state index contributed by atoms with van der Waals surface area (Å²) >= 11 is 1.53. The van der Waals surface area contributed by atoms with Gasteiger partial charge in [0.2, 0.25) is 0 Å². The largest absolute Gasteiger partial charge is 0.387 e. The average molecular weight is 290 g/mol. The number of nitrogens with two attached hydrogens (primary N) is 1. The molecule has 1 aromatic carbocycles. The van der Waals surface area contributed by atoms with Crippen LogP contribution in [0.25, 0.3) is 0 Å². The number of aryl methyl sites for hydroxylation is 1. The second-order valence-corrected chi connectivity index (χ2v) is 6.66. The minimum atomic E-state index is -0.587. The molecule has 108 valence electrons. The second-order valence-electron chi connectivity index (χ2n) is 5.39. The zero-order valence-electron chi connectivity index (χ0n) is 12.2. The van der Waals surface area contributed by atoms with Gasteiger partial charge in [-0.1, -0.05) is 38.1 Å². The van der Waals surface area contributed by atoms with Gasteiger partial charge >= 0.3 is 0 Å². The highest BCUT2D eigenvalue weighted by Crippen LogP contribution is 2.33. The Morgan fingerprint density at radius 2 is 1.80 bits per heavy atom. The van der Waals surface area contributed by atoms with Gasteiger partial charge in [-0.15, -0.1) is 11.3 Å². The van der Waals surface area contributed by atoms with E-state index in [0.717, 1.165) is 15.4 Å². The molecule has 1 aromatic heterocycles. The van der Waals surface area contributed by atoms with Gasteiger partial charge in [-0.3, -0.25) is 0 Å². The van der Waals surface area contributed by atoms with E-state index in [9.17, 15) is 5.11 Å². The van der Waals surface area contributed by atoms with Crippen LogP contribution in [-0.2, 0) is 0 Å². The lowest BCUT2D eigenvalue weighted by Gasteiger charge is -2.21. The number of aliphatic hydroxyl groups excluding tert-OH is 1. The van der Waals surface area contributed by atoms with Gasteiger partial charge in [0.05, 0.1) is 16.0 Å². The molecule has 2 unspecified atom stereocenters. The monoisotopic (exact) mass is 290 g/mol. The van der Waals surface area contributed by atoms with E-state index in [1.165, 1.54) is 16.9 Å². The molecule has 1 heterocycles. The Kier molecular flexibility index (Phi) is 4.91. The molecule has 0 saturated heterocycles. The molecular formula is C16H22N2OS. The number of nitrogens with zero attached hydrogens (tertiary/aromatic N) is 1. The van der Waals surface area contributed by atoms with Crippen LogP contribution in [0.1, 0.15) is 52.8 Å². The lowest BCUT2D eigenvalue weighted by molar-refractivity contribution is 0.151. The van der Waals surface area contributed by atoms with E-state index in [1.54, 1.807) is 6.20 Å². The van der Waals surface area contributed by atoms with Gasteiger partial charge in [0.15, 0.2) is 0 Å². The fourth-order valence-electron chi connectivity index (χ4n) is 2.29. The van der Waals surface area contributed by atoms with Crippen molar-refractivity contribution in [2.75, 3.05) is 6.54 Å². The van der Waals surface area contributed by atoms with E-state index in [-0.39, 0.29) is 5.92 Å². The zero-order chi connectivity index (χ0) is 14.7. The number of thiazole rings is 1. The van der Waals surface area contributed by atoms with Crippen LogP contribution in [0, 0.1) is 6.92 Å².